The van der Waals surface area contributed by atoms with Crippen LogP contribution in [0.25, 0.3) is 10.9 Å². The maximum Gasteiger partial charge on any atom is 0.233 e. The minimum atomic E-state index is -0.815. The Morgan fingerprint density at radius 1 is 1.14 bits per heavy atom. The summed E-state index contributed by atoms with van der Waals surface area (Å²) in [7, 11) is 0. The molecule has 0 bridgehead atoms. The van der Waals surface area contributed by atoms with E-state index in [9.17, 15) is 4.39 Å². The summed E-state index contributed by atoms with van der Waals surface area (Å²) in [6.45, 7) is 0. The summed E-state index contributed by atoms with van der Waals surface area (Å²) in [6.07, 6.45) is 1.20. The van der Waals surface area contributed by atoms with Crippen LogP contribution in [0, 0.1) is 5.95 Å². The number of hydrogen-bond donors (Lipinski definition) is 0. The Kier molecular flexibility index (Phi) is 2.43. The Hall–Kier alpha value is -0.710. The molecule has 7 heteroatoms. The molecule has 0 aliphatic carbocycles. The summed E-state index contributed by atoms with van der Waals surface area (Å²) in [5, 5.41) is 0.153. The van der Waals surface area contributed by atoms with Crippen molar-refractivity contribution in [2.45, 2.75) is 0 Å². The lowest BCUT2D eigenvalue weighted by molar-refractivity contribution is 0.586. The van der Waals surface area contributed by atoms with Crippen LogP contribution in [-0.4, -0.2) is 15.0 Å². The van der Waals surface area contributed by atoms with Crippen molar-refractivity contribution in [3.05, 3.63) is 27.6 Å². The summed E-state index contributed by atoms with van der Waals surface area (Å²) >= 11 is 16.9. The summed E-state index contributed by atoms with van der Waals surface area (Å²) < 4.78 is 12.9. The average molecular weight is 252 g/mol. The van der Waals surface area contributed by atoms with Gasteiger partial charge in [-0.1, -0.05) is 23.2 Å². The van der Waals surface area contributed by atoms with Crippen LogP contribution in [-0.2, 0) is 0 Å². The van der Waals surface area contributed by atoms with Crippen LogP contribution >= 0.6 is 34.8 Å². The summed E-state index contributed by atoms with van der Waals surface area (Å²) in [6, 6.07) is 0. The fraction of sp³-hybridized carbons (Fsp3) is 0. The normalized spacial score (nSPS) is 10.9. The van der Waals surface area contributed by atoms with Gasteiger partial charge in [0.15, 0.2) is 0 Å². The van der Waals surface area contributed by atoms with Crippen LogP contribution in [0.2, 0.25) is 15.5 Å². The Labute approximate surface area is 92.8 Å². The number of fused-ring (bicyclic) bond motifs is 1. The second-order valence-electron chi connectivity index (χ2n) is 2.41. The zero-order valence-electron chi connectivity index (χ0n) is 6.43. The predicted octanol–water partition coefficient (Wildman–Crippen LogP) is 3.12. The van der Waals surface area contributed by atoms with Crippen molar-refractivity contribution >= 4 is 45.7 Å². The van der Waals surface area contributed by atoms with E-state index >= 15 is 0 Å². The van der Waals surface area contributed by atoms with E-state index in [0.717, 1.165) is 0 Å². The molecule has 2 aromatic heterocycles. The van der Waals surface area contributed by atoms with Crippen molar-refractivity contribution in [1.29, 1.82) is 0 Å². The molecule has 0 aliphatic rings. The molecule has 0 aliphatic heterocycles. The molecule has 0 amide bonds. The smallest absolute Gasteiger partial charge is 0.226 e. The van der Waals surface area contributed by atoms with Crippen molar-refractivity contribution in [1.82, 2.24) is 15.0 Å². The monoisotopic (exact) mass is 251 g/mol. The molecular weight excluding hydrogens is 251 g/mol. The van der Waals surface area contributed by atoms with Crippen molar-refractivity contribution in [3.8, 4) is 0 Å². The number of aromatic nitrogens is 3. The summed E-state index contributed by atoms with van der Waals surface area (Å²) in [5.74, 6) is -0.815. The maximum atomic E-state index is 12.9. The van der Waals surface area contributed by atoms with Crippen LogP contribution in [0.4, 0.5) is 4.39 Å². The predicted molar refractivity (Wildman–Crippen MR) is 52.3 cm³/mol. The molecule has 0 saturated heterocycles. The fourth-order valence-electron chi connectivity index (χ4n) is 0.974. The number of halogens is 4. The molecule has 2 heterocycles. The number of pyridine rings is 1. The largest absolute Gasteiger partial charge is 0.233 e. The topological polar surface area (TPSA) is 38.7 Å². The fourth-order valence-corrected chi connectivity index (χ4v) is 1.60. The Morgan fingerprint density at radius 3 is 2.57 bits per heavy atom. The van der Waals surface area contributed by atoms with Gasteiger partial charge in [0.2, 0.25) is 11.2 Å². The van der Waals surface area contributed by atoms with Crippen LogP contribution in [0.3, 0.4) is 0 Å². The molecule has 0 atom stereocenters. The van der Waals surface area contributed by atoms with Gasteiger partial charge in [0.1, 0.15) is 15.7 Å². The quantitative estimate of drug-likeness (QED) is 0.411. The van der Waals surface area contributed by atoms with Crippen molar-refractivity contribution < 1.29 is 4.39 Å². The SMILES string of the molecule is Fc1ncc2c(Cl)nc(Cl)nc2c1Cl. The van der Waals surface area contributed by atoms with Gasteiger partial charge in [0.25, 0.3) is 0 Å². The van der Waals surface area contributed by atoms with Crippen LogP contribution in [0.5, 0.6) is 0 Å². The molecule has 0 N–H and O–H groups in total. The van der Waals surface area contributed by atoms with Gasteiger partial charge in [-0.15, -0.1) is 0 Å². The van der Waals surface area contributed by atoms with Gasteiger partial charge in [-0.2, -0.15) is 4.39 Å². The first-order valence-electron chi connectivity index (χ1n) is 3.42. The van der Waals surface area contributed by atoms with Gasteiger partial charge in [-0.05, 0) is 11.6 Å². The van der Waals surface area contributed by atoms with E-state index in [1.807, 2.05) is 0 Å². The molecule has 2 aromatic rings. The highest BCUT2D eigenvalue weighted by Crippen LogP contribution is 2.27. The Balaban J connectivity index is 2.95. The van der Waals surface area contributed by atoms with Gasteiger partial charge >= 0.3 is 0 Å². The molecule has 14 heavy (non-hydrogen) atoms. The zero-order valence-corrected chi connectivity index (χ0v) is 8.70. The van der Waals surface area contributed by atoms with Gasteiger partial charge in [-0.25, -0.2) is 15.0 Å². The molecular formula is C7HCl3FN3. The molecule has 0 saturated carbocycles. The third kappa shape index (κ3) is 1.49. The minimum absolute atomic E-state index is 0.0880. The lowest BCUT2D eigenvalue weighted by atomic mass is 10.3. The van der Waals surface area contributed by atoms with Crippen LogP contribution in [0.15, 0.2) is 6.20 Å². The molecule has 0 spiro atoms. The van der Waals surface area contributed by atoms with E-state index < -0.39 is 5.95 Å². The standard InChI is InChI=1S/C7HCl3FN3/c8-3-4-2(1-12-6(3)11)5(9)14-7(10)13-4/h1H. The molecule has 0 radical (unpaired) electrons. The summed E-state index contributed by atoms with van der Waals surface area (Å²) in [5.41, 5.74) is 0.157. The van der Waals surface area contributed by atoms with Crippen LogP contribution in [0.1, 0.15) is 0 Å². The highest BCUT2D eigenvalue weighted by molar-refractivity contribution is 6.39. The first-order chi connectivity index (χ1) is 6.59. The second kappa shape index (κ2) is 3.46. The van der Waals surface area contributed by atoms with Crippen LogP contribution < -0.4 is 0 Å². The Bertz CT molecular complexity index is 517. The molecule has 3 nitrogen and oxygen atoms in total. The maximum absolute atomic E-state index is 12.9. The number of nitrogens with zero attached hydrogens (tertiary/aromatic N) is 3. The molecule has 72 valence electrons. The first-order valence-corrected chi connectivity index (χ1v) is 4.55. The molecule has 0 fully saturated rings. The van der Waals surface area contributed by atoms with E-state index in [1.54, 1.807) is 0 Å². The third-order valence-electron chi connectivity index (χ3n) is 1.57. The Morgan fingerprint density at radius 2 is 1.86 bits per heavy atom. The third-order valence-corrected chi connectivity index (χ3v) is 2.36. The molecule has 0 aromatic carbocycles. The van der Waals surface area contributed by atoms with Gasteiger partial charge < -0.3 is 0 Å². The van der Waals surface area contributed by atoms with Crippen molar-refractivity contribution in [2.75, 3.05) is 0 Å². The van der Waals surface area contributed by atoms with E-state index in [2.05, 4.69) is 15.0 Å². The zero-order chi connectivity index (χ0) is 10.3. The number of rotatable bonds is 0. The van der Waals surface area contributed by atoms with E-state index in [1.165, 1.54) is 6.20 Å². The first kappa shape index (κ1) is 9.83. The van der Waals surface area contributed by atoms with Crippen molar-refractivity contribution in [3.63, 3.8) is 0 Å². The van der Waals surface area contributed by atoms with Gasteiger partial charge in [-0.3, -0.25) is 0 Å². The highest BCUT2D eigenvalue weighted by Gasteiger charge is 2.12. The number of hydrogen-bond acceptors (Lipinski definition) is 3. The van der Waals surface area contributed by atoms with Crippen molar-refractivity contribution in [2.24, 2.45) is 0 Å². The van der Waals surface area contributed by atoms with E-state index in [-0.39, 0.29) is 21.0 Å². The highest BCUT2D eigenvalue weighted by atomic mass is 35.5. The van der Waals surface area contributed by atoms with E-state index in [0.29, 0.717) is 5.39 Å². The van der Waals surface area contributed by atoms with E-state index in [4.69, 9.17) is 34.8 Å². The van der Waals surface area contributed by atoms with Gasteiger partial charge in [0, 0.05) is 6.20 Å². The van der Waals surface area contributed by atoms with Gasteiger partial charge in [0.05, 0.1) is 5.39 Å². The second-order valence-corrected chi connectivity index (χ2v) is 3.48. The molecule has 2 rings (SSSR count). The minimum Gasteiger partial charge on any atom is -0.226 e. The average Bonchev–Trinajstić information content (AvgIpc) is 2.12. The summed E-state index contributed by atoms with van der Waals surface area (Å²) in [4.78, 5) is 10.8. The lowest BCUT2D eigenvalue weighted by Gasteiger charge is -2.01. The lowest BCUT2D eigenvalue weighted by Crippen LogP contribution is -1.92. The molecule has 0 unspecified atom stereocenters.